The maximum absolute atomic E-state index is 13.7. The van der Waals surface area contributed by atoms with Crippen LogP contribution in [0.1, 0.15) is 24.1 Å². The average Bonchev–Trinajstić information content (AvgIpc) is 2.38. The van der Waals surface area contributed by atoms with E-state index in [0.29, 0.717) is 11.1 Å². The van der Waals surface area contributed by atoms with Gasteiger partial charge in [0.25, 0.3) is 0 Å². The molecular formula is C15H16FNO2S. The van der Waals surface area contributed by atoms with Gasteiger partial charge < -0.3 is 0 Å². The van der Waals surface area contributed by atoms with Crippen molar-refractivity contribution < 1.29 is 12.8 Å². The molecule has 0 heterocycles. The molecule has 2 rings (SSSR count). The molecule has 3 nitrogen and oxygen atoms in total. The summed E-state index contributed by atoms with van der Waals surface area (Å²) in [7, 11) is -3.67. The third-order valence-corrected chi connectivity index (χ3v) is 4.79. The van der Waals surface area contributed by atoms with Gasteiger partial charge in [-0.05, 0) is 31.5 Å². The van der Waals surface area contributed by atoms with Crippen molar-refractivity contribution in [2.45, 2.75) is 24.8 Å². The van der Waals surface area contributed by atoms with E-state index in [-0.39, 0.29) is 4.90 Å². The van der Waals surface area contributed by atoms with Gasteiger partial charge in [0.2, 0.25) is 10.0 Å². The molecule has 1 atom stereocenters. The Morgan fingerprint density at radius 1 is 1.05 bits per heavy atom. The van der Waals surface area contributed by atoms with Gasteiger partial charge in [0, 0.05) is 11.6 Å². The van der Waals surface area contributed by atoms with Crippen molar-refractivity contribution in [3.8, 4) is 0 Å². The van der Waals surface area contributed by atoms with Crippen LogP contribution < -0.4 is 4.72 Å². The second-order valence-electron chi connectivity index (χ2n) is 4.63. The number of rotatable bonds is 4. The predicted octanol–water partition coefficient (Wildman–Crippen LogP) is 3.17. The fourth-order valence-electron chi connectivity index (χ4n) is 2.04. The zero-order valence-corrected chi connectivity index (χ0v) is 12.1. The molecule has 0 aliphatic rings. The Morgan fingerprint density at radius 3 is 2.30 bits per heavy atom. The first kappa shape index (κ1) is 14.7. The van der Waals surface area contributed by atoms with Crippen LogP contribution in [0.5, 0.6) is 0 Å². The number of benzene rings is 2. The van der Waals surface area contributed by atoms with E-state index in [0.717, 1.165) is 0 Å². The van der Waals surface area contributed by atoms with Crippen LogP contribution in [0, 0.1) is 12.7 Å². The summed E-state index contributed by atoms with van der Waals surface area (Å²) in [6.07, 6.45) is 0. The molecule has 0 aliphatic heterocycles. The summed E-state index contributed by atoms with van der Waals surface area (Å²) in [5.74, 6) is -0.424. The van der Waals surface area contributed by atoms with Crippen LogP contribution in [-0.2, 0) is 10.0 Å². The summed E-state index contributed by atoms with van der Waals surface area (Å²) < 4.78 is 40.8. The molecule has 106 valence electrons. The van der Waals surface area contributed by atoms with Crippen LogP contribution in [0.4, 0.5) is 4.39 Å². The Kier molecular flexibility index (Phi) is 4.20. The molecular weight excluding hydrogens is 277 g/mol. The second kappa shape index (κ2) is 5.73. The average molecular weight is 293 g/mol. The van der Waals surface area contributed by atoms with Gasteiger partial charge in [-0.25, -0.2) is 17.5 Å². The zero-order chi connectivity index (χ0) is 14.8. The van der Waals surface area contributed by atoms with Crippen molar-refractivity contribution in [2.24, 2.45) is 0 Å². The summed E-state index contributed by atoms with van der Waals surface area (Å²) in [5, 5.41) is 0. The van der Waals surface area contributed by atoms with Gasteiger partial charge in [-0.3, -0.25) is 0 Å². The molecule has 0 fully saturated rings. The van der Waals surface area contributed by atoms with Gasteiger partial charge in [0.05, 0.1) is 4.90 Å². The van der Waals surface area contributed by atoms with Crippen LogP contribution >= 0.6 is 0 Å². The van der Waals surface area contributed by atoms with Crippen molar-refractivity contribution in [1.29, 1.82) is 0 Å². The van der Waals surface area contributed by atoms with E-state index in [4.69, 9.17) is 0 Å². The molecule has 0 unspecified atom stereocenters. The Morgan fingerprint density at radius 2 is 1.65 bits per heavy atom. The van der Waals surface area contributed by atoms with Crippen molar-refractivity contribution in [3.05, 3.63) is 65.5 Å². The summed E-state index contributed by atoms with van der Waals surface area (Å²) in [6, 6.07) is 12.2. The Hall–Kier alpha value is -1.72. The Balaban J connectivity index is 2.30. The lowest BCUT2D eigenvalue weighted by Crippen LogP contribution is -2.28. The van der Waals surface area contributed by atoms with Gasteiger partial charge in [0.1, 0.15) is 5.82 Å². The van der Waals surface area contributed by atoms with Crippen LogP contribution in [0.2, 0.25) is 0 Å². The van der Waals surface area contributed by atoms with E-state index >= 15 is 0 Å². The van der Waals surface area contributed by atoms with E-state index in [1.807, 2.05) is 0 Å². The fraction of sp³-hybridized carbons (Fsp3) is 0.200. The first-order valence-electron chi connectivity index (χ1n) is 6.24. The fourth-order valence-corrected chi connectivity index (χ4v) is 3.51. The summed E-state index contributed by atoms with van der Waals surface area (Å²) in [6.45, 7) is 3.34. The lowest BCUT2D eigenvalue weighted by Gasteiger charge is -2.16. The van der Waals surface area contributed by atoms with Crippen LogP contribution in [0.15, 0.2) is 53.4 Å². The predicted molar refractivity (Wildman–Crippen MR) is 76.3 cm³/mol. The standard InChI is InChI=1S/C15H16FNO2S/c1-11-7-3-6-10-15(11)20(18,19)17-12(2)13-8-4-5-9-14(13)16/h3-10,12,17H,1-2H3/t12-/m1/s1. The third-order valence-electron chi connectivity index (χ3n) is 3.09. The molecule has 0 radical (unpaired) electrons. The van der Waals surface area contributed by atoms with Crippen LogP contribution in [0.25, 0.3) is 0 Å². The first-order chi connectivity index (χ1) is 9.42. The maximum atomic E-state index is 13.7. The van der Waals surface area contributed by atoms with E-state index < -0.39 is 21.9 Å². The highest BCUT2D eigenvalue weighted by Gasteiger charge is 2.21. The minimum atomic E-state index is -3.67. The van der Waals surface area contributed by atoms with E-state index in [1.54, 1.807) is 50.2 Å². The van der Waals surface area contributed by atoms with Crippen LogP contribution in [0.3, 0.4) is 0 Å². The third kappa shape index (κ3) is 3.05. The van der Waals surface area contributed by atoms with Gasteiger partial charge in [-0.2, -0.15) is 0 Å². The van der Waals surface area contributed by atoms with Crippen molar-refractivity contribution in [1.82, 2.24) is 4.72 Å². The number of sulfonamides is 1. The van der Waals surface area contributed by atoms with Crippen molar-refractivity contribution in [2.75, 3.05) is 0 Å². The van der Waals surface area contributed by atoms with Crippen molar-refractivity contribution >= 4 is 10.0 Å². The highest BCUT2D eigenvalue weighted by atomic mass is 32.2. The van der Waals surface area contributed by atoms with Crippen LogP contribution in [-0.4, -0.2) is 8.42 Å². The van der Waals surface area contributed by atoms with Gasteiger partial charge in [-0.1, -0.05) is 36.4 Å². The summed E-state index contributed by atoms with van der Waals surface area (Å²) in [5.41, 5.74) is 0.977. The lowest BCUT2D eigenvalue weighted by molar-refractivity contribution is 0.549. The normalized spacial score (nSPS) is 13.2. The molecule has 5 heteroatoms. The second-order valence-corrected chi connectivity index (χ2v) is 6.31. The molecule has 1 N–H and O–H groups in total. The maximum Gasteiger partial charge on any atom is 0.241 e. The highest BCUT2D eigenvalue weighted by molar-refractivity contribution is 7.89. The monoisotopic (exact) mass is 293 g/mol. The molecule has 2 aromatic carbocycles. The Bertz CT molecular complexity index is 713. The molecule has 0 saturated carbocycles. The number of aryl methyl sites for hydroxylation is 1. The molecule has 0 bridgehead atoms. The largest absolute Gasteiger partial charge is 0.241 e. The minimum Gasteiger partial charge on any atom is -0.207 e. The summed E-state index contributed by atoms with van der Waals surface area (Å²) in [4.78, 5) is 0.211. The summed E-state index contributed by atoms with van der Waals surface area (Å²) >= 11 is 0. The molecule has 20 heavy (non-hydrogen) atoms. The quantitative estimate of drug-likeness (QED) is 0.941. The topological polar surface area (TPSA) is 46.2 Å². The van der Waals surface area contributed by atoms with Crippen molar-refractivity contribution in [3.63, 3.8) is 0 Å². The zero-order valence-electron chi connectivity index (χ0n) is 11.3. The Labute approximate surface area is 118 Å². The van der Waals surface area contributed by atoms with E-state index in [2.05, 4.69) is 4.72 Å². The van der Waals surface area contributed by atoms with Gasteiger partial charge in [-0.15, -0.1) is 0 Å². The first-order valence-corrected chi connectivity index (χ1v) is 7.72. The lowest BCUT2D eigenvalue weighted by atomic mass is 10.1. The minimum absolute atomic E-state index is 0.211. The molecule has 0 aromatic heterocycles. The molecule has 0 saturated heterocycles. The molecule has 0 spiro atoms. The molecule has 0 amide bonds. The number of nitrogens with one attached hydrogen (secondary N) is 1. The molecule has 0 aliphatic carbocycles. The van der Waals surface area contributed by atoms with E-state index in [9.17, 15) is 12.8 Å². The smallest absolute Gasteiger partial charge is 0.207 e. The molecule has 2 aromatic rings. The SMILES string of the molecule is Cc1ccccc1S(=O)(=O)N[C@H](C)c1ccccc1F. The van der Waals surface area contributed by atoms with Gasteiger partial charge in [0.15, 0.2) is 0 Å². The highest BCUT2D eigenvalue weighted by Crippen LogP contribution is 2.20. The number of halogens is 1. The van der Waals surface area contributed by atoms with Gasteiger partial charge >= 0.3 is 0 Å². The number of hydrogen-bond donors (Lipinski definition) is 1. The number of hydrogen-bond acceptors (Lipinski definition) is 2. The van der Waals surface area contributed by atoms with E-state index in [1.165, 1.54) is 12.1 Å².